The van der Waals surface area contributed by atoms with Crippen LogP contribution in [0.25, 0.3) is 11.2 Å². The third kappa shape index (κ3) is 3.18. The minimum atomic E-state index is -0.251. The summed E-state index contributed by atoms with van der Waals surface area (Å²) in [5.74, 6) is 2.92. The van der Waals surface area contributed by atoms with E-state index in [2.05, 4.69) is 26.8 Å². The number of aromatic nitrogens is 4. The van der Waals surface area contributed by atoms with E-state index >= 15 is 0 Å². The number of hydrogen-bond acceptors (Lipinski definition) is 7. The number of rotatable bonds is 6. The predicted octanol–water partition coefficient (Wildman–Crippen LogP) is 0.802. The second-order valence-electron chi connectivity index (χ2n) is 5.73. The Morgan fingerprint density at radius 3 is 3.05 bits per heavy atom. The van der Waals surface area contributed by atoms with Crippen LogP contribution >= 0.6 is 11.8 Å². The van der Waals surface area contributed by atoms with Gasteiger partial charge in [-0.25, -0.2) is 15.0 Å². The lowest BCUT2D eigenvalue weighted by atomic mass is 10.1. The van der Waals surface area contributed by atoms with Gasteiger partial charge in [0.1, 0.15) is 11.8 Å². The summed E-state index contributed by atoms with van der Waals surface area (Å²) in [6.45, 7) is 4.44. The number of imidazole rings is 1. The van der Waals surface area contributed by atoms with Crippen molar-refractivity contribution in [2.24, 2.45) is 5.92 Å². The number of aliphatic hydroxyl groups excluding tert-OH is 1. The molecule has 0 radical (unpaired) electrons. The van der Waals surface area contributed by atoms with E-state index < -0.39 is 0 Å². The largest absolute Gasteiger partial charge is 0.391 e. The highest BCUT2D eigenvalue weighted by Gasteiger charge is 2.31. The Bertz CT molecular complexity index is 633. The van der Waals surface area contributed by atoms with E-state index in [0.29, 0.717) is 30.5 Å². The first kappa shape index (κ1) is 15.5. The van der Waals surface area contributed by atoms with Crippen LogP contribution in [0.3, 0.4) is 0 Å². The second-order valence-corrected chi connectivity index (χ2v) is 6.88. The number of aliphatic hydroxyl groups is 1. The number of anilines is 1. The van der Waals surface area contributed by atoms with Crippen molar-refractivity contribution in [1.82, 2.24) is 24.4 Å². The Morgan fingerprint density at radius 2 is 2.23 bits per heavy atom. The molecule has 8 heteroatoms. The first-order valence-electron chi connectivity index (χ1n) is 7.58. The highest BCUT2D eigenvalue weighted by atomic mass is 32.2. The molecule has 0 spiro atoms. The van der Waals surface area contributed by atoms with Gasteiger partial charge in [0.05, 0.1) is 19.1 Å². The van der Waals surface area contributed by atoms with E-state index in [9.17, 15) is 5.11 Å². The van der Waals surface area contributed by atoms with Crippen LogP contribution in [0.4, 0.5) is 5.82 Å². The van der Waals surface area contributed by atoms with Crippen molar-refractivity contribution < 1.29 is 5.11 Å². The lowest BCUT2D eigenvalue weighted by molar-refractivity contribution is 0.145. The maximum Gasteiger partial charge on any atom is 0.166 e. The molecule has 2 aromatic rings. The highest BCUT2D eigenvalue weighted by Crippen LogP contribution is 2.23. The van der Waals surface area contributed by atoms with Crippen LogP contribution in [0.1, 0.15) is 13.3 Å². The molecule has 2 atom stereocenters. The molecule has 3 rings (SSSR count). The Kier molecular flexibility index (Phi) is 4.80. The van der Waals surface area contributed by atoms with Crippen molar-refractivity contribution in [2.45, 2.75) is 26.1 Å². The number of nitrogens with two attached hydrogens (primary N) is 1. The molecule has 2 aromatic heterocycles. The number of β-amino-alcohol motifs (C(OH)–C–C–N with tert-alkyl or cyclic N) is 1. The van der Waals surface area contributed by atoms with Gasteiger partial charge in [-0.2, -0.15) is 11.8 Å². The summed E-state index contributed by atoms with van der Waals surface area (Å²) in [4.78, 5) is 14.7. The molecule has 0 amide bonds. The third-order valence-corrected chi connectivity index (χ3v) is 5.31. The topological polar surface area (TPSA) is 93.1 Å². The molecule has 1 saturated heterocycles. The van der Waals surface area contributed by atoms with Crippen LogP contribution < -0.4 is 5.73 Å². The molecule has 7 nitrogen and oxygen atoms in total. The van der Waals surface area contributed by atoms with Crippen molar-refractivity contribution in [3.8, 4) is 0 Å². The molecule has 0 saturated carbocycles. The highest BCUT2D eigenvalue weighted by molar-refractivity contribution is 7.99. The molecular weight excluding hydrogens is 300 g/mol. The minimum absolute atomic E-state index is 0.251. The molecule has 120 valence electrons. The fourth-order valence-electron chi connectivity index (χ4n) is 2.82. The molecule has 0 aromatic carbocycles. The van der Waals surface area contributed by atoms with Gasteiger partial charge in [-0.15, -0.1) is 0 Å². The predicted molar refractivity (Wildman–Crippen MR) is 88.4 cm³/mol. The van der Waals surface area contributed by atoms with Crippen molar-refractivity contribution in [1.29, 1.82) is 0 Å². The zero-order valence-corrected chi connectivity index (χ0v) is 13.5. The van der Waals surface area contributed by atoms with Crippen molar-refractivity contribution >= 4 is 28.7 Å². The molecule has 22 heavy (non-hydrogen) atoms. The molecule has 0 aliphatic carbocycles. The number of hydrogen-bond donors (Lipinski definition) is 2. The number of nitrogens with zero attached hydrogens (tertiary/aromatic N) is 5. The fourth-order valence-corrected chi connectivity index (χ4v) is 3.90. The van der Waals surface area contributed by atoms with Gasteiger partial charge < -0.3 is 15.4 Å². The van der Waals surface area contributed by atoms with Crippen LogP contribution in [-0.4, -0.2) is 60.2 Å². The van der Waals surface area contributed by atoms with Gasteiger partial charge in [0.15, 0.2) is 11.5 Å². The zero-order chi connectivity index (χ0) is 15.5. The molecule has 1 fully saturated rings. The maximum atomic E-state index is 10.2. The van der Waals surface area contributed by atoms with E-state index in [1.807, 2.05) is 16.3 Å². The number of thioether (sulfide) groups is 1. The maximum absolute atomic E-state index is 10.2. The van der Waals surface area contributed by atoms with E-state index in [1.165, 1.54) is 12.7 Å². The van der Waals surface area contributed by atoms with E-state index in [4.69, 9.17) is 5.73 Å². The standard InChI is InChI=1S/C14H22N6OS/c1-2-3-22-6-10-4-19(5-11(10)21)9-20-8-18-12-13(15)16-7-17-14(12)20/h7-8,10-11,21H,2-6,9H2,1H3,(H2,15,16,17)/t10-,11+/m1/s1. The minimum Gasteiger partial charge on any atom is -0.391 e. The Hall–Kier alpha value is -1.38. The average Bonchev–Trinajstić information content (AvgIpc) is 3.05. The van der Waals surface area contributed by atoms with Gasteiger partial charge in [-0.05, 0) is 17.9 Å². The molecule has 0 bridgehead atoms. The quantitative estimate of drug-likeness (QED) is 0.760. The molecule has 1 aliphatic heterocycles. The summed E-state index contributed by atoms with van der Waals surface area (Å²) in [6.07, 6.45) is 4.12. The van der Waals surface area contributed by atoms with Gasteiger partial charge in [0.2, 0.25) is 0 Å². The SMILES string of the molecule is CCCSC[C@H]1CN(Cn2cnc3c(N)ncnc32)C[C@@H]1O. The first-order valence-corrected chi connectivity index (χ1v) is 8.74. The van der Waals surface area contributed by atoms with Gasteiger partial charge in [0, 0.05) is 19.0 Å². The second kappa shape index (κ2) is 6.80. The molecular formula is C14H22N6OS. The van der Waals surface area contributed by atoms with E-state index in [1.54, 1.807) is 6.33 Å². The van der Waals surface area contributed by atoms with Crippen LogP contribution in [0, 0.1) is 5.92 Å². The van der Waals surface area contributed by atoms with Crippen LogP contribution in [0.2, 0.25) is 0 Å². The van der Waals surface area contributed by atoms with Crippen molar-refractivity contribution in [3.05, 3.63) is 12.7 Å². The van der Waals surface area contributed by atoms with Gasteiger partial charge in [0.25, 0.3) is 0 Å². The van der Waals surface area contributed by atoms with Gasteiger partial charge >= 0.3 is 0 Å². The lowest BCUT2D eigenvalue weighted by Crippen LogP contribution is -2.24. The van der Waals surface area contributed by atoms with Crippen molar-refractivity contribution in [3.63, 3.8) is 0 Å². The monoisotopic (exact) mass is 322 g/mol. The summed E-state index contributed by atoms with van der Waals surface area (Å²) in [6, 6.07) is 0. The van der Waals surface area contributed by atoms with Gasteiger partial charge in [-0.1, -0.05) is 6.92 Å². The summed E-state index contributed by atoms with van der Waals surface area (Å²) in [5.41, 5.74) is 7.18. The summed E-state index contributed by atoms with van der Waals surface area (Å²) < 4.78 is 1.96. The Labute approximate surface area is 133 Å². The average molecular weight is 322 g/mol. The first-order chi connectivity index (χ1) is 10.7. The van der Waals surface area contributed by atoms with Crippen LogP contribution in [0.5, 0.6) is 0 Å². The van der Waals surface area contributed by atoms with Crippen molar-refractivity contribution in [2.75, 3.05) is 30.3 Å². The van der Waals surface area contributed by atoms with Crippen LogP contribution in [-0.2, 0) is 6.67 Å². The zero-order valence-electron chi connectivity index (χ0n) is 12.7. The van der Waals surface area contributed by atoms with Crippen LogP contribution in [0.15, 0.2) is 12.7 Å². The third-order valence-electron chi connectivity index (χ3n) is 3.94. The Balaban J connectivity index is 1.65. The summed E-state index contributed by atoms with van der Waals surface area (Å²) in [5, 5.41) is 10.2. The van der Waals surface area contributed by atoms with Gasteiger partial charge in [-0.3, -0.25) is 4.90 Å². The summed E-state index contributed by atoms with van der Waals surface area (Å²) in [7, 11) is 0. The van der Waals surface area contributed by atoms with E-state index in [-0.39, 0.29) is 6.10 Å². The smallest absolute Gasteiger partial charge is 0.166 e. The molecule has 0 unspecified atom stereocenters. The molecule has 1 aliphatic rings. The normalized spacial score (nSPS) is 22.6. The van der Waals surface area contributed by atoms with E-state index in [0.717, 1.165) is 23.7 Å². The fraction of sp³-hybridized carbons (Fsp3) is 0.643. The molecule has 3 heterocycles. The number of likely N-dealkylation sites (tertiary alicyclic amines) is 1. The number of nitrogen functional groups attached to an aromatic ring is 1. The lowest BCUT2D eigenvalue weighted by Gasteiger charge is -2.16. The Morgan fingerprint density at radius 1 is 1.36 bits per heavy atom. The number of fused-ring (bicyclic) bond motifs is 1. The summed E-state index contributed by atoms with van der Waals surface area (Å²) >= 11 is 1.93. The molecule has 3 N–H and O–H groups in total.